The lowest BCUT2D eigenvalue weighted by Crippen LogP contribution is -1.94. The van der Waals surface area contributed by atoms with E-state index in [1.54, 1.807) is 6.92 Å². The predicted molar refractivity (Wildman–Crippen MR) is 71.1 cm³/mol. The average Bonchev–Trinajstić information content (AvgIpc) is 2.66. The van der Waals surface area contributed by atoms with E-state index in [4.69, 9.17) is 0 Å². The summed E-state index contributed by atoms with van der Waals surface area (Å²) in [7, 11) is 0. The molecule has 1 aromatic heterocycles. The van der Waals surface area contributed by atoms with Crippen LogP contribution < -0.4 is 0 Å². The van der Waals surface area contributed by atoms with Crippen LogP contribution in [0.4, 0.5) is 0 Å². The number of Topliss-reactive ketones (excluding diaryl/α,β-unsaturated/α-hetero) is 1. The Labute approximate surface area is 102 Å². The van der Waals surface area contributed by atoms with Crippen LogP contribution in [-0.2, 0) is 17.8 Å². The quantitative estimate of drug-likeness (QED) is 0.718. The number of nitrogens with zero attached hydrogens (tertiary/aromatic N) is 1. The third-order valence-corrected chi connectivity index (χ3v) is 2.94. The molecule has 0 aliphatic carbocycles. The number of rotatable bonds is 5. The third kappa shape index (κ3) is 2.47. The summed E-state index contributed by atoms with van der Waals surface area (Å²) in [6.45, 7) is 6.22. The van der Waals surface area contributed by atoms with Crippen molar-refractivity contribution in [2.24, 2.45) is 0 Å². The highest BCUT2D eigenvalue weighted by molar-refractivity contribution is 5.85. The molecule has 88 valence electrons. The molecule has 0 saturated heterocycles. The molecule has 0 saturated carbocycles. The van der Waals surface area contributed by atoms with Gasteiger partial charge in [0.25, 0.3) is 0 Å². The maximum absolute atomic E-state index is 11.1. The van der Waals surface area contributed by atoms with E-state index >= 15 is 0 Å². The zero-order valence-electron chi connectivity index (χ0n) is 10.1. The number of allylic oxidation sites excluding steroid dienone is 1. The second-order valence-corrected chi connectivity index (χ2v) is 4.31. The molecule has 0 N–H and O–H groups in total. The van der Waals surface area contributed by atoms with Gasteiger partial charge in [-0.1, -0.05) is 24.3 Å². The Hall–Kier alpha value is -1.83. The van der Waals surface area contributed by atoms with Crippen LogP contribution in [0.15, 0.2) is 43.1 Å². The van der Waals surface area contributed by atoms with Gasteiger partial charge in [-0.3, -0.25) is 0 Å². The molecule has 2 rings (SSSR count). The summed E-state index contributed by atoms with van der Waals surface area (Å²) >= 11 is 0. The van der Waals surface area contributed by atoms with Crippen molar-refractivity contribution in [1.29, 1.82) is 0 Å². The molecule has 0 atom stereocenters. The summed E-state index contributed by atoms with van der Waals surface area (Å²) in [5.41, 5.74) is 2.46. The zero-order valence-corrected chi connectivity index (χ0v) is 10.1. The fourth-order valence-electron chi connectivity index (χ4n) is 2.12. The van der Waals surface area contributed by atoms with Gasteiger partial charge in [-0.15, -0.1) is 6.58 Å². The molecule has 0 unspecified atom stereocenters. The van der Waals surface area contributed by atoms with Crippen molar-refractivity contribution >= 4 is 16.7 Å². The van der Waals surface area contributed by atoms with Crippen molar-refractivity contribution in [3.63, 3.8) is 0 Å². The van der Waals surface area contributed by atoms with E-state index in [2.05, 4.69) is 29.5 Å². The molecular weight excluding hydrogens is 210 g/mol. The molecule has 0 amide bonds. The maximum Gasteiger partial charge on any atom is 0.130 e. The Kier molecular flexibility index (Phi) is 3.43. The summed E-state index contributed by atoms with van der Waals surface area (Å²) < 4.78 is 2.18. The molecule has 1 heterocycles. The molecule has 0 spiro atoms. The largest absolute Gasteiger partial charge is 0.343 e. The zero-order chi connectivity index (χ0) is 12.3. The van der Waals surface area contributed by atoms with Crippen molar-refractivity contribution < 1.29 is 4.79 Å². The van der Waals surface area contributed by atoms with E-state index < -0.39 is 0 Å². The minimum Gasteiger partial charge on any atom is -0.343 e. The highest BCUT2D eigenvalue weighted by atomic mass is 16.1. The van der Waals surface area contributed by atoms with Crippen LogP contribution in [0.5, 0.6) is 0 Å². The number of carbonyl (C=O) groups excluding carboxylic acids is 1. The SMILES string of the molecule is C=CCn1cc(CCC(C)=O)c2ccccc21. The van der Waals surface area contributed by atoms with Crippen molar-refractivity contribution in [2.45, 2.75) is 26.3 Å². The third-order valence-electron chi connectivity index (χ3n) is 2.94. The molecule has 0 aliphatic rings. The van der Waals surface area contributed by atoms with Crippen LogP contribution in [-0.4, -0.2) is 10.4 Å². The number of aryl methyl sites for hydroxylation is 1. The molecule has 0 radical (unpaired) electrons. The Morgan fingerprint density at radius 3 is 2.88 bits per heavy atom. The fourth-order valence-corrected chi connectivity index (χ4v) is 2.12. The van der Waals surface area contributed by atoms with Gasteiger partial charge in [0.05, 0.1) is 0 Å². The molecule has 0 aliphatic heterocycles. The maximum atomic E-state index is 11.1. The number of carbonyl (C=O) groups is 1. The smallest absolute Gasteiger partial charge is 0.130 e. The van der Waals surface area contributed by atoms with Crippen molar-refractivity contribution in [2.75, 3.05) is 0 Å². The molecular formula is C15H17NO. The Balaban J connectivity index is 2.41. The van der Waals surface area contributed by atoms with E-state index in [-0.39, 0.29) is 5.78 Å². The lowest BCUT2D eigenvalue weighted by molar-refractivity contribution is -0.116. The molecule has 0 bridgehead atoms. The average molecular weight is 227 g/mol. The van der Waals surface area contributed by atoms with Gasteiger partial charge in [-0.2, -0.15) is 0 Å². The highest BCUT2D eigenvalue weighted by Crippen LogP contribution is 2.22. The van der Waals surface area contributed by atoms with E-state index in [1.807, 2.05) is 18.2 Å². The van der Waals surface area contributed by atoms with Gasteiger partial charge in [0.2, 0.25) is 0 Å². The van der Waals surface area contributed by atoms with Gasteiger partial charge >= 0.3 is 0 Å². The predicted octanol–water partition coefficient (Wildman–Crippen LogP) is 3.35. The second-order valence-electron chi connectivity index (χ2n) is 4.31. The number of benzene rings is 1. The topological polar surface area (TPSA) is 22.0 Å². The second kappa shape index (κ2) is 5.00. The Morgan fingerprint density at radius 1 is 1.41 bits per heavy atom. The van der Waals surface area contributed by atoms with Gasteiger partial charge in [-0.05, 0) is 25.0 Å². The van der Waals surface area contributed by atoms with Gasteiger partial charge in [-0.25, -0.2) is 0 Å². The first-order valence-corrected chi connectivity index (χ1v) is 5.89. The minimum atomic E-state index is 0.241. The summed E-state index contributed by atoms with van der Waals surface area (Å²) in [4.78, 5) is 11.1. The molecule has 0 fully saturated rings. The van der Waals surface area contributed by atoms with Gasteiger partial charge < -0.3 is 9.36 Å². The highest BCUT2D eigenvalue weighted by Gasteiger charge is 2.07. The Bertz CT molecular complexity index is 551. The number of fused-ring (bicyclic) bond motifs is 1. The van der Waals surface area contributed by atoms with E-state index in [1.165, 1.54) is 16.5 Å². The van der Waals surface area contributed by atoms with Crippen molar-refractivity contribution in [1.82, 2.24) is 4.57 Å². The number of ketones is 1. The first-order valence-electron chi connectivity index (χ1n) is 5.89. The van der Waals surface area contributed by atoms with Crippen LogP contribution in [0.2, 0.25) is 0 Å². The van der Waals surface area contributed by atoms with E-state index in [0.29, 0.717) is 6.42 Å². The van der Waals surface area contributed by atoms with Gasteiger partial charge in [0.1, 0.15) is 5.78 Å². The van der Waals surface area contributed by atoms with Gasteiger partial charge in [0.15, 0.2) is 0 Å². The fraction of sp³-hybridized carbons (Fsp3) is 0.267. The van der Waals surface area contributed by atoms with Crippen LogP contribution in [0.1, 0.15) is 18.9 Å². The molecule has 17 heavy (non-hydrogen) atoms. The van der Waals surface area contributed by atoms with Crippen molar-refractivity contribution in [3.8, 4) is 0 Å². The molecule has 2 nitrogen and oxygen atoms in total. The Morgan fingerprint density at radius 2 is 2.18 bits per heavy atom. The van der Waals surface area contributed by atoms with Crippen LogP contribution in [0.3, 0.4) is 0 Å². The molecule has 2 heteroatoms. The van der Waals surface area contributed by atoms with Crippen molar-refractivity contribution in [3.05, 3.63) is 48.7 Å². The lowest BCUT2D eigenvalue weighted by atomic mass is 10.1. The summed E-state index contributed by atoms with van der Waals surface area (Å²) in [5.74, 6) is 0.241. The minimum absolute atomic E-state index is 0.241. The number of aromatic nitrogens is 1. The first-order chi connectivity index (χ1) is 8.22. The van der Waals surface area contributed by atoms with E-state index in [0.717, 1.165) is 13.0 Å². The summed E-state index contributed by atoms with van der Waals surface area (Å²) in [5, 5.41) is 1.25. The van der Waals surface area contributed by atoms with Gasteiger partial charge in [0, 0.05) is 30.1 Å². The standard InChI is InChI=1S/C15H17NO/c1-3-10-16-11-13(9-8-12(2)17)14-6-4-5-7-15(14)16/h3-7,11H,1,8-10H2,2H3. The van der Waals surface area contributed by atoms with Crippen LogP contribution in [0, 0.1) is 0 Å². The van der Waals surface area contributed by atoms with Crippen LogP contribution in [0.25, 0.3) is 10.9 Å². The van der Waals surface area contributed by atoms with Crippen LogP contribution >= 0.6 is 0 Å². The number of hydrogen-bond acceptors (Lipinski definition) is 1. The number of para-hydroxylation sites is 1. The van der Waals surface area contributed by atoms with E-state index in [9.17, 15) is 4.79 Å². The first kappa shape index (κ1) is 11.6. The summed E-state index contributed by atoms with van der Waals surface area (Å²) in [6.07, 6.45) is 5.46. The summed E-state index contributed by atoms with van der Waals surface area (Å²) in [6, 6.07) is 8.30. The number of hydrogen-bond donors (Lipinski definition) is 0. The monoisotopic (exact) mass is 227 g/mol. The normalized spacial score (nSPS) is 10.6. The molecule has 2 aromatic rings. The molecule has 1 aromatic carbocycles. The lowest BCUT2D eigenvalue weighted by Gasteiger charge is -1.99.